The van der Waals surface area contributed by atoms with Gasteiger partial charge in [0, 0.05) is 56.6 Å². The van der Waals surface area contributed by atoms with Gasteiger partial charge in [0.2, 0.25) is 0 Å². The number of halogens is 1. The maximum Gasteiger partial charge on any atom is 0.254 e. The third-order valence-corrected chi connectivity index (χ3v) is 7.95. The molecule has 6 nitrogen and oxygen atoms in total. The Morgan fingerprint density at radius 3 is 2.39 bits per heavy atom. The molecule has 0 atom stereocenters. The maximum absolute atomic E-state index is 13.6. The van der Waals surface area contributed by atoms with Crippen molar-refractivity contribution in [2.75, 3.05) is 54.4 Å². The second-order valence-electron chi connectivity index (χ2n) is 10.1. The average Bonchev–Trinajstić information content (AvgIpc) is 2.95. The number of carbonyl (C=O) groups excluding carboxylic acids is 1. The summed E-state index contributed by atoms with van der Waals surface area (Å²) in [5, 5.41) is 13.8. The van der Waals surface area contributed by atoms with E-state index in [0.717, 1.165) is 59.7 Å². The van der Waals surface area contributed by atoms with E-state index < -0.39 is 0 Å². The molecule has 0 saturated carbocycles. The second-order valence-corrected chi connectivity index (χ2v) is 10.5. The molecular formula is C31H32ClN5O. The van der Waals surface area contributed by atoms with Gasteiger partial charge in [0.1, 0.15) is 11.1 Å². The molecule has 194 valence electrons. The van der Waals surface area contributed by atoms with Crippen LogP contribution in [0.1, 0.15) is 39.9 Å². The van der Waals surface area contributed by atoms with Crippen LogP contribution in [0.4, 0.5) is 17.1 Å². The van der Waals surface area contributed by atoms with Gasteiger partial charge in [0.15, 0.2) is 0 Å². The fraction of sp³-hybridized carbons (Fsp3) is 0.355. The lowest BCUT2D eigenvalue weighted by atomic mass is 9.99. The van der Waals surface area contributed by atoms with Crippen LogP contribution in [0.2, 0.25) is 5.02 Å². The van der Waals surface area contributed by atoms with Crippen molar-refractivity contribution < 1.29 is 4.79 Å². The van der Waals surface area contributed by atoms with Crippen LogP contribution in [0.3, 0.4) is 0 Å². The first-order valence-corrected chi connectivity index (χ1v) is 13.6. The number of nitrogens with one attached hydrogen (secondary N) is 1. The zero-order valence-corrected chi connectivity index (χ0v) is 22.7. The Kier molecular flexibility index (Phi) is 7.63. The Hall–Kier alpha value is -3.87. The molecule has 3 aromatic rings. The van der Waals surface area contributed by atoms with Gasteiger partial charge in [-0.2, -0.15) is 5.26 Å². The lowest BCUT2D eigenvalue weighted by Crippen LogP contribution is -2.49. The molecule has 2 aliphatic rings. The van der Waals surface area contributed by atoms with E-state index in [4.69, 9.17) is 11.6 Å². The molecule has 0 radical (unpaired) electrons. The van der Waals surface area contributed by atoms with E-state index in [-0.39, 0.29) is 5.91 Å². The summed E-state index contributed by atoms with van der Waals surface area (Å²) in [6.45, 7) is 8.60. The van der Waals surface area contributed by atoms with Crippen LogP contribution in [-0.2, 0) is 0 Å². The highest BCUT2D eigenvalue weighted by Crippen LogP contribution is 2.29. The Balaban J connectivity index is 1.23. The molecule has 0 unspecified atom stereocenters. The normalized spacial score (nSPS) is 16.1. The third-order valence-electron chi connectivity index (χ3n) is 7.66. The molecule has 2 fully saturated rings. The number of rotatable bonds is 5. The molecule has 3 aromatic carbocycles. The molecule has 0 spiro atoms. The number of aryl methyl sites for hydroxylation is 2. The van der Waals surface area contributed by atoms with Gasteiger partial charge < -0.3 is 20.0 Å². The summed E-state index contributed by atoms with van der Waals surface area (Å²) in [5.41, 5.74) is 6.56. The standard InChI is InChI=1S/C31H32ClN5O/c1-22-19-23(2)28(34-25-11-13-35(14-12-25)30-10-6-4-8-27(30)32)20-26(22)31(38)37-17-15-36(16-18-37)29-9-5-3-7-24(29)21-33/h3,5-7,9-10,19-20,25,34H,11-18H2,1-2H3. The number of amides is 1. The van der Waals surface area contributed by atoms with Gasteiger partial charge in [-0.3, -0.25) is 4.79 Å². The van der Waals surface area contributed by atoms with Crippen molar-refractivity contribution in [3.63, 3.8) is 0 Å². The molecule has 2 heterocycles. The molecule has 2 aliphatic heterocycles. The molecule has 1 amide bonds. The number of benzene rings is 2. The van der Waals surface area contributed by atoms with Crippen molar-refractivity contribution in [1.29, 1.82) is 5.26 Å². The number of nitriles is 1. The highest BCUT2D eigenvalue weighted by atomic mass is 35.5. The van der Waals surface area contributed by atoms with Gasteiger partial charge >= 0.3 is 0 Å². The van der Waals surface area contributed by atoms with Crippen molar-refractivity contribution in [3.8, 4) is 6.07 Å². The van der Waals surface area contributed by atoms with Crippen LogP contribution in [0.5, 0.6) is 0 Å². The highest BCUT2D eigenvalue weighted by molar-refractivity contribution is 6.32. The van der Waals surface area contributed by atoms with Crippen LogP contribution < -0.4 is 15.1 Å². The summed E-state index contributed by atoms with van der Waals surface area (Å²) >= 11 is 6.33. The van der Waals surface area contributed by atoms with Gasteiger partial charge in [-0.15, -0.1) is 0 Å². The maximum atomic E-state index is 13.6. The lowest BCUT2D eigenvalue weighted by Gasteiger charge is -2.37. The summed E-state index contributed by atoms with van der Waals surface area (Å²) in [4.78, 5) is 20.0. The molecule has 7 heteroatoms. The van der Waals surface area contributed by atoms with Crippen molar-refractivity contribution >= 4 is 34.6 Å². The van der Waals surface area contributed by atoms with E-state index in [1.165, 1.54) is 0 Å². The largest absolute Gasteiger partial charge is 0.382 e. The molecule has 5 rings (SSSR count). The summed E-state index contributed by atoms with van der Waals surface area (Å²) in [5.74, 6) is 0.0698. The van der Waals surface area contributed by atoms with E-state index >= 15 is 0 Å². The van der Waals surface area contributed by atoms with E-state index in [2.05, 4.69) is 46.3 Å². The Bertz CT molecular complexity index is 1350. The summed E-state index contributed by atoms with van der Waals surface area (Å²) in [6, 6.07) is 24.1. The zero-order chi connectivity index (χ0) is 26.6. The van der Waals surface area contributed by atoms with E-state index in [0.29, 0.717) is 42.8 Å². The first-order valence-electron chi connectivity index (χ1n) is 13.2. The van der Waals surface area contributed by atoms with Crippen molar-refractivity contribution in [2.45, 2.75) is 32.7 Å². The summed E-state index contributed by atoms with van der Waals surface area (Å²) < 4.78 is 0. The average molecular weight is 526 g/mol. The minimum atomic E-state index is 0.0698. The number of piperidine rings is 1. The Morgan fingerprint density at radius 2 is 1.68 bits per heavy atom. The fourth-order valence-corrected chi connectivity index (χ4v) is 5.73. The number of nitrogens with zero attached hydrogens (tertiary/aromatic N) is 4. The molecule has 0 aromatic heterocycles. The summed E-state index contributed by atoms with van der Waals surface area (Å²) in [7, 11) is 0. The van der Waals surface area contributed by atoms with Crippen molar-refractivity contribution in [2.24, 2.45) is 0 Å². The smallest absolute Gasteiger partial charge is 0.254 e. The van der Waals surface area contributed by atoms with Gasteiger partial charge in [-0.25, -0.2) is 0 Å². The molecule has 38 heavy (non-hydrogen) atoms. The predicted molar refractivity (Wildman–Crippen MR) is 153 cm³/mol. The van der Waals surface area contributed by atoms with Crippen LogP contribution in [0.25, 0.3) is 0 Å². The van der Waals surface area contributed by atoms with Crippen molar-refractivity contribution in [1.82, 2.24) is 4.90 Å². The first kappa shape index (κ1) is 25.8. The van der Waals surface area contributed by atoms with Gasteiger partial charge in [-0.1, -0.05) is 35.9 Å². The van der Waals surface area contributed by atoms with E-state index in [9.17, 15) is 10.1 Å². The van der Waals surface area contributed by atoms with Crippen LogP contribution in [0, 0.1) is 37.3 Å². The van der Waals surface area contributed by atoms with Crippen LogP contribution in [-0.4, -0.2) is 56.1 Å². The van der Waals surface area contributed by atoms with Gasteiger partial charge in [-0.05, 0) is 74.2 Å². The van der Waals surface area contributed by atoms with Crippen LogP contribution >= 0.6 is 11.6 Å². The van der Waals surface area contributed by atoms with Gasteiger partial charge in [0.05, 0.1) is 16.9 Å². The molecule has 0 aliphatic carbocycles. The third kappa shape index (κ3) is 5.37. The molecular weight excluding hydrogens is 494 g/mol. The monoisotopic (exact) mass is 525 g/mol. The second kappa shape index (κ2) is 11.3. The number of anilines is 3. The SMILES string of the molecule is Cc1cc(C)c(C(=O)N2CCN(c3ccccc3C#N)CC2)cc1NC1CCN(c2ccc#cc2Cl)CC1. The minimum Gasteiger partial charge on any atom is -0.382 e. The van der Waals surface area contributed by atoms with E-state index in [1.807, 2.05) is 54.3 Å². The molecule has 0 bridgehead atoms. The number of carbonyl (C=O) groups is 1. The van der Waals surface area contributed by atoms with Gasteiger partial charge in [0.25, 0.3) is 5.91 Å². The minimum absolute atomic E-state index is 0.0698. The highest BCUT2D eigenvalue weighted by Gasteiger charge is 2.26. The molecule has 2 saturated heterocycles. The first-order chi connectivity index (χ1) is 18.4. The Labute approximate surface area is 230 Å². The quantitative estimate of drug-likeness (QED) is 0.478. The number of hydrogen-bond donors (Lipinski definition) is 1. The van der Waals surface area contributed by atoms with Crippen molar-refractivity contribution in [3.05, 3.63) is 87.9 Å². The fourth-order valence-electron chi connectivity index (χ4n) is 5.49. The predicted octanol–water partition coefficient (Wildman–Crippen LogP) is 5.47. The summed E-state index contributed by atoms with van der Waals surface area (Å²) in [6.07, 6.45) is 1.97. The Morgan fingerprint density at radius 1 is 0.974 bits per heavy atom. The number of para-hydroxylation sites is 1. The zero-order valence-electron chi connectivity index (χ0n) is 21.9. The number of hydrogen-bond acceptors (Lipinski definition) is 5. The lowest BCUT2D eigenvalue weighted by molar-refractivity contribution is 0.0746. The molecule has 1 N–H and O–H groups in total. The number of piperazine rings is 1. The van der Waals surface area contributed by atoms with Crippen LogP contribution in [0.15, 0.2) is 48.5 Å². The topological polar surface area (TPSA) is 62.6 Å². The van der Waals surface area contributed by atoms with E-state index in [1.54, 1.807) is 0 Å².